The number of rotatable bonds is 8. The minimum absolute atomic E-state index is 0.233. The van der Waals surface area contributed by atoms with Crippen molar-refractivity contribution in [2.45, 2.75) is 70.9 Å². The molecule has 0 N–H and O–H groups in total. The lowest BCUT2D eigenvalue weighted by atomic mass is 9.77. The summed E-state index contributed by atoms with van der Waals surface area (Å²) in [7, 11) is 0. The van der Waals surface area contributed by atoms with Gasteiger partial charge in [0.15, 0.2) is 0 Å². The number of anilines is 1. The third kappa shape index (κ3) is 4.36. The summed E-state index contributed by atoms with van der Waals surface area (Å²) in [6, 6.07) is 0.288. The van der Waals surface area contributed by atoms with Crippen LogP contribution >= 0.6 is 0 Å². The van der Waals surface area contributed by atoms with Crippen LogP contribution in [0.5, 0.6) is 0 Å². The van der Waals surface area contributed by atoms with Crippen LogP contribution in [-0.4, -0.2) is 50.8 Å². The highest BCUT2D eigenvalue weighted by Gasteiger charge is 2.44. The number of hydrogen-bond donors (Lipinski definition) is 0. The Labute approximate surface area is 179 Å². The minimum Gasteiger partial charge on any atom is -0.376 e. The van der Waals surface area contributed by atoms with Gasteiger partial charge in [0, 0.05) is 32.1 Å². The Hall–Kier alpha value is -2.02. The maximum absolute atomic E-state index is 6.50. The summed E-state index contributed by atoms with van der Waals surface area (Å²) in [5.74, 6) is 3.08. The van der Waals surface area contributed by atoms with Gasteiger partial charge in [0.1, 0.15) is 5.82 Å². The fourth-order valence-electron chi connectivity index (χ4n) is 5.13. The number of fused-ring (bicyclic) bond motifs is 1. The van der Waals surface area contributed by atoms with Gasteiger partial charge < -0.3 is 9.64 Å². The molecule has 162 valence electrons. The van der Waals surface area contributed by atoms with Crippen LogP contribution in [0.15, 0.2) is 18.6 Å². The van der Waals surface area contributed by atoms with Gasteiger partial charge in [-0.3, -0.25) is 4.98 Å². The van der Waals surface area contributed by atoms with Crippen molar-refractivity contribution in [1.82, 2.24) is 25.0 Å². The van der Waals surface area contributed by atoms with Crippen molar-refractivity contribution >= 4 is 5.82 Å². The van der Waals surface area contributed by atoms with Crippen LogP contribution in [0.1, 0.15) is 62.9 Å². The van der Waals surface area contributed by atoms with E-state index < -0.39 is 0 Å². The Morgan fingerprint density at radius 2 is 1.97 bits per heavy atom. The third-order valence-corrected chi connectivity index (χ3v) is 7.08. The van der Waals surface area contributed by atoms with Gasteiger partial charge >= 0.3 is 0 Å². The molecule has 4 atom stereocenters. The topological polar surface area (TPSA) is 69.0 Å². The molecule has 0 amide bonds. The van der Waals surface area contributed by atoms with Crippen molar-refractivity contribution in [2.24, 2.45) is 17.8 Å². The molecule has 2 saturated carbocycles. The number of unbranched alkanes of at least 4 members (excludes halogenated alkanes) is 1. The molecule has 2 aliphatic carbocycles. The van der Waals surface area contributed by atoms with E-state index in [0.717, 1.165) is 62.1 Å². The third-order valence-electron chi connectivity index (χ3n) is 7.08. The van der Waals surface area contributed by atoms with E-state index in [0.29, 0.717) is 11.8 Å². The largest absolute Gasteiger partial charge is 0.376 e. The average Bonchev–Trinajstić information content (AvgIpc) is 3.30. The van der Waals surface area contributed by atoms with E-state index in [1.807, 2.05) is 19.3 Å². The first-order valence-corrected chi connectivity index (χ1v) is 11.8. The number of ether oxygens (including phenoxy) is 1. The normalized spacial score (nSPS) is 28.7. The lowest BCUT2D eigenvalue weighted by Crippen LogP contribution is -2.38. The molecule has 2 aromatic rings. The van der Waals surface area contributed by atoms with Crippen LogP contribution in [0.2, 0.25) is 0 Å². The fraction of sp³-hybridized carbons (Fsp3) is 0.739. The second-order valence-electron chi connectivity index (χ2n) is 9.59. The van der Waals surface area contributed by atoms with Crippen LogP contribution in [0.4, 0.5) is 5.82 Å². The van der Waals surface area contributed by atoms with Gasteiger partial charge in [-0.25, -0.2) is 9.67 Å². The van der Waals surface area contributed by atoms with Gasteiger partial charge in [0.25, 0.3) is 0 Å². The molecule has 0 radical (unpaired) electrons. The number of aromatic nitrogens is 5. The highest BCUT2D eigenvalue weighted by Crippen LogP contribution is 2.44. The molecular formula is C23H34N6O. The number of aryl methyl sites for hydroxylation is 2. The van der Waals surface area contributed by atoms with Crippen molar-refractivity contribution in [3.63, 3.8) is 0 Å². The van der Waals surface area contributed by atoms with Gasteiger partial charge in [-0.15, -0.1) is 5.10 Å². The molecule has 30 heavy (non-hydrogen) atoms. The smallest absolute Gasteiger partial charge is 0.147 e. The molecule has 7 heteroatoms. The zero-order chi connectivity index (χ0) is 20.5. The predicted molar refractivity (Wildman–Crippen MR) is 115 cm³/mol. The van der Waals surface area contributed by atoms with E-state index in [4.69, 9.17) is 9.72 Å². The first kappa shape index (κ1) is 19.9. The second kappa shape index (κ2) is 8.61. The van der Waals surface area contributed by atoms with Crippen LogP contribution in [0, 0.1) is 24.7 Å². The molecule has 0 aromatic carbocycles. The van der Waals surface area contributed by atoms with E-state index in [1.165, 1.54) is 25.7 Å². The molecule has 0 bridgehead atoms. The van der Waals surface area contributed by atoms with Crippen molar-refractivity contribution in [3.05, 3.63) is 30.0 Å². The Morgan fingerprint density at radius 1 is 1.13 bits per heavy atom. The van der Waals surface area contributed by atoms with Gasteiger partial charge in [0.05, 0.1) is 29.7 Å². The first-order valence-electron chi connectivity index (χ1n) is 11.8. The predicted octanol–water partition coefficient (Wildman–Crippen LogP) is 3.60. The number of hydrogen-bond acceptors (Lipinski definition) is 6. The maximum Gasteiger partial charge on any atom is 0.147 e. The van der Waals surface area contributed by atoms with E-state index in [2.05, 4.69) is 38.0 Å². The Balaban J connectivity index is 1.32. The van der Waals surface area contributed by atoms with E-state index in [9.17, 15) is 0 Å². The second-order valence-corrected chi connectivity index (χ2v) is 9.59. The lowest BCUT2D eigenvalue weighted by Gasteiger charge is -2.37. The molecule has 2 aromatic heterocycles. The fourth-order valence-corrected chi connectivity index (χ4v) is 5.13. The standard InChI is InChI=1S/C23H34N6O/c1-3-4-5-20-14-29(27-26-20)21-8-18-12-28(23-11-24-10-16(2)25-23)13-19(18)9-22(21)30-15-17-6-7-17/h10-11,14,17-19,21-22H,3-9,12-13,15H2,1-2H3/t18-,19+,21-,22-/m1/s1. The minimum atomic E-state index is 0.233. The quantitative estimate of drug-likeness (QED) is 0.662. The first-order chi connectivity index (χ1) is 14.7. The van der Waals surface area contributed by atoms with E-state index >= 15 is 0 Å². The highest BCUT2D eigenvalue weighted by atomic mass is 16.5. The molecule has 0 spiro atoms. The van der Waals surface area contributed by atoms with Crippen molar-refractivity contribution < 1.29 is 4.74 Å². The summed E-state index contributed by atoms with van der Waals surface area (Å²) in [4.78, 5) is 11.5. The molecule has 3 fully saturated rings. The molecule has 3 heterocycles. The SMILES string of the molecule is CCCCc1cn([C@@H]2C[C@@H]3CN(c4cncc(C)n4)C[C@@H]3C[C@H]2OCC2CC2)nn1. The number of nitrogens with zero attached hydrogens (tertiary/aromatic N) is 6. The van der Waals surface area contributed by atoms with Gasteiger partial charge in [0.2, 0.25) is 0 Å². The zero-order valence-electron chi connectivity index (χ0n) is 18.3. The van der Waals surface area contributed by atoms with Gasteiger partial charge in [-0.1, -0.05) is 18.6 Å². The van der Waals surface area contributed by atoms with Crippen LogP contribution in [-0.2, 0) is 11.2 Å². The monoisotopic (exact) mass is 410 g/mol. The Kier molecular flexibility index (Phi) is 5.72. The molecule has 0 unspecified atom stereocenters. The summed E-state index contributed by atoms with van der Waals surface area (Å²) in [5, 5.41) is 9.00. The van der Waals surface area contributed by atoms with Crippen molar-refractivity contribution in [3.8, 4) is 0 Å². The summed E-state index contributed by atoms with van der Waals surface area (Å²) < 4.78 is 8.62. The Morgan fingerprint density at radius 3 is 2.73 bits per heavy atom. The Bertz CT molecular complexity index is 850. The highest BCUT2D eigenvalue weighted by molar-refractivity contribution is 5.38. The molecule has 1 saturated heterocycles. The van der Waals surface area contributed by atoms with Crippen LogP contribution in [0.3, 0.4) is 0 Å². The summed E-state index contributed by atoms with van der Waals surface area (Å²) >= 11 is 0. The van der Waals surface area contributed by atoms with E-state index in [-0.39, 0.29) is 12.1 Å². The van der Waals surface area contributed by atoms with Crippen LogP contribution < -0.4 is 4.90 Å². The zero-order valence-corrected chi connectivity index (χ0v) is 18.3. The molecule has 3 aliphatic rings. The average molecular weight is 411 g/mol. The lowest BCUT2D eigenvalue weighted by molar-refractivity contribution is -0.0375. The molecule has 7 nitrogen and oxygen atoms in total. The molecule has 1 aliphatic heterocycles. The van der Waals surface area contributed by atoms with Crippen molar-refractivity contribution in [2.75, 3.05) is 24.6 Å². The molecular weight excluding hydrogens is 376 g/mol. The van der Waals surface area contributed by atoms with Crippen molar-refractivity contribution in [1.29, 1.82) is 0 Å². The van der Waals surface area contributed by atoms with Crippen LogP contribution in [0.25, 0.3) is 0 Å². The summed E-state index contributed by atoms with van der Waals surface area (Å²) in [6.45, 7) is 7.24. The maximum atomic E-state index is 6.50. The van der Waals surface area contributed by atoms with Gasteiger partial charge in [-0.05, 0) is 63.2 Å². The summed E-state index contributed by atoms with van der Waals surface area (Å²) in [5.41, 5.74) is 2.09. The summed E-state index contributed by atoms with van der Waals surface area (Å²) in [6.07, 6.45) is 14.4. The molecule has 5 rings (SSSR count). The van der Waals surface area contributed by atoms with E-state index in [1.54, 1.807) is 0 Å². The van der Waals surface area contributed by atoms with Gasteiger partial charge in [-0.2, -0.15) is 0 Å².